The first-order chi connectivity index (χ1) is 18.7. The Labute approximate surface area is 249 Å². The van der Waals surface area contributed by atoms with Crippen molar-refractivity contribution >= 4 is 57.3 Å². The smallest absolute Gasteiger partial charge is 0.338 e. The van der Waals surface area contributed by atoms with Crippen molar-refractivity contribution in [3.63, 3.8) is 0 Å². The number of nitrogens with zero attached hydrogens (tertiary/aromatic N) is 3. The van der Waals surface area contributed by atoms with Crippen LogP contribution in [0.15, 0.2) is 62.8 Å². The van der Waals surface area contributed by atoms with Gasteiger partial charge in [0.15, 0.2) is 4.80 Å². The standard InChI is InChI=1S/C30H30IN3O3S2/c1-6-9-23-26(29(36)37-7-2)27(24-10-8-13-38-24)34-28(35)25(39-30(34)32-23)15-20-14-18(4)33(19(20)5)21-12-11-17(3)22(31)16-21/h8,10-16,27H,6-7,9H2,1-5H3/b25-15-/t27-/m0/s1. The zero-order valence-corrected chi connectivity index (χ0v) is 26.4. The molecule has 0 fully saturated rings. The number of halogens is 1. The van der Waals surface area contributed by atoms with Gasteiger partial charge in [0.05, 0.1) is 22.4 Å². The van der Waals surface area contributed by atoms with Crippen LogP contribution in [0.5, 0.6) is 0 Å². The van der Waals surface area contributed by atoms with Gasteiger partial charge in [-0.25, -0.2) is 9.79 Å². The van der Waals surface area contributed by atoms with Gasteiger partial charge in [-0.05, 0) is 104 Å². The number of benzene rings is 1. The highest BCUT2D eigenvalue weighted by Crippen LogP contribution is 2.34. The van der Waals surface area contributed by atoms with Gasteiger partial charge >= 0.3 is 5.97 Å². The van der Waals surface area contributed by atoms with Gasteiger partial charge < -0.3 is 9.30 Å². The maximum Gasteiger partial charge on any atom is 0.338 e. The molecule has 5 rings (SSSR count). The van der Waals surface area contributed by atoms with Crippen LogP contribution >= 0.6 is 45.3 Å². The zero-order chi connectivity index (χ0) is 27.8. The predicted octanol–water partition coefficient (Wildman–Crippen LogP) is 5.96. The van der Waals surface area contributed by atoms with Gasteiger partial charge in [-0.2, -0.15) is 0 Å². The van der Waals surface area contributed by atoms with Gasteiger partial charge in [-0.3, -0.25) is 9.36 Å². The van der Waals surface area contributed by atoms with Crippen LogP contribution in [0.4, 0.5) is 0 Å². The minimum atomic E-state index is -0.550. The number of carbonyl (C=O) groups is 1. The molecule has 4 aromatic rings. The number of rotatable bonds is 7. The number of aryl methyl sites for hydroxylation is 2. The maximum absolute atomic E-state index is 14.0. The second-order valence-electron chi connectivity index (χ2n) is 9.52. The highest BCUT2D eigenvalue weighted by atomic mass is 127. The molecule has 0 spiro atoms. The lowest BCUT2D eigenvalue weighted by atomic mass is 9.99. The molecule has 4 heterocycles. The molecule has 1 atom stereocenters. The number of hydrogen-bond donors (Lipinski definition) is 0. The van der Waals surface area contributed by atoms with Crippen LogP contribution in [0, 0.1) is 24.3 Å². The molecule has 0 aliphatic carbocycles. The fourth-order valence-corrected chi connectivity index (χ4v) is 7.36. The number of aromatic nitrogens is 2. The van der Waals surface area contributed by atoms with E-state index >= 15 is 0 Å². The van der Waals surface area contributed by atoms with Crippen LogP contribution in [0.25, 0.3) is 11.8 Å². The largest absolute Gasteiger partial charge is 0.463 e. The van der Waals surface area contributed by atoms with Crippen molar-refractivity contribution in [1.29, 1.82) is 0 Å². The topological polar surface area (TPSA) is 65.6 Å². The molecule has 0 N–H and O–H groups in total. The van der Waals surface area contributed by atoms with Crippen LogP contribution in [0.2, 0.25) is 0 Å². The fraction of sp³-hybridized carbons (Fsp3) is 0.300. The van der Waals surface area contributed by atoms with E-state index in [4.69, 9.17) is 9.73 Å². The Hall–Kier alpha value is -2.76. The molecule has 1 aromatic carbocycles. The van der Waals surface area contributed by atoms with E-state index < -0.39 is 12.0 Å². The third-order valence-corrected chi connectivity index (χ3v) is 9.95. The van der Waals surface area contributed by atoms with E-state index in [0.717, 1.165) is 33.9 Å². The second kappa shape index (κ2) is 11.4. The van der Waals surface area contributed by atoms with Crippen LogP contribution in [0.3, 0.4) is 0 Å². The van der Waals surface area contributed by atoms with E-state index in [1.807, 2.05) is 23.6 Å². The summed E-state index contributed by atoms with van der Waals surface area (Å²) in [4.78, 5) is 33.6. The van der Waals surface area contributed by atoms with Crippen molar-refractivity contribution in [1.82, 2.24) is 9.13 Å². The fourth-order valence-electron chi connectivity index (χ4n) is 5.03. The van der Waals surface area contributed by atoms with E-state index in [-0.39, 0.29) is 12.2 Å². The van der Waals surface area contributed by atoms with Crippen LogP contribution in [0.1, 0.15) is 60.1 Å². The summed E-state index contributed by atoms with van der Waals surface area (Å²) in [5.41, 5.74) is 6.50. The molecule has 0 radical (unpaired) electrons. The summed E-state index contributed by atoms with van der Waals surface area (Å²) in [6, 6.07) is 11.9. The molecule has 1 aliphatic rings. The average Bonchev–Trinajstić information content (AvgIpc) is 3.60. The molecule has 202 valence electrons. The molecule has 0 unspecified atom stereocenters. The SMILES string of the molecule is CCCC1=C(C(=O)OCC)[C@H](c2cccs2)n2c(s/c(=C\c3cc(C)n(-c4ccc(C)c(I)c4)c3C)c2=O)=N1. The second-order valence-corrected chi connectivity index (χ2v) is 12.7. The van der Waals surface area contributed by atoms with Crippen molar-refractivity contribution in [2.24, 2.45) is 4.99 Å². The van der Waals surface area contributed by atoms with Gasteiger partial charge in [0.2, 0.25) is 0 Å². The lowest BCUT2D eigenvalue weighted by Gasteiger charge is -2.24. The third-order valence-electron chi connectivity index (χ3n) is 6.88. The Kier molecular flexibility index (Phi) is 8.11. The first-order valence-corrected chi connectivity index (χ1v) is 15.7. The number of thiazole rings is 1. The van der Waals surface area contributed by atoms with Gasteiger partial charge in [-0.1, -0.05) is 36.8 Å². The van der Waals surface area contributed by atoms with Gasteiger partial charge in [0.1, 0.15) is 6.04 Å². The predicted molar refractivity (Wildman–Crippen MR) is 167 cm³/mol. The number of hydrogen-bond acceptors (Lipinski definition) is 6. The average molecular weight is 672 g/mol. The van der Waals surface area contributed by atoms with E-state index in [9.17, 15) is 9.59 Å². The Bertz CT molecular complexity index is 1770. The molecule has 0 bridgehead atoms. The number of allylic oxidation sites excluding steroid dienone is 1. The summed E-state index contributed by atoms with van der Waals surface area (Å²) in [5, 5.41) is 1.97. The van der Waals surface area contributed by atoms with Crippen molar-refractivity contribution in [2.45, 2.75) is 53.5 Å². The molecule has 39 heavy (non-hydrogen) atoms. The van der Waals surface area contributed by atoms with Gasteiger partial charge in [-0.15, -0.1) is 11.3 Å². The van der Waals surface area contributed by atoms with E-state index in [0.29, 0.717) is 27.0 Å². The minimum Gasteiger partial charge on any atom is -0.463 e. The monoisotopic (exact) mass is 671 g/mol. The van der Waals surface area contributed by atoms with Crippen molar-refractivity contribution in [3.8, 4) is 5.69 Å². The number of esters is 1. The van der Waals surface area contributed by atoms with Crippen LogP contribution in [-0.4, -0.2) is 21.7 Å². The summed E-state index contributed by atoms with van der Waals surface area (Å²) in [6.07, 6.45) is 3.43. The molecule has 0 saturated carbocycles. The van der Waals surface area contributed by atoms with Crippen molar-refractivity contribution in [2.75, 3.05) is 6.61 Å². The normalized spacial score (nSPS) is 15.4. The third kappa shape index (κ3) is 5.12. The first-order valence-electron chi connectivity index (χ1n) is 13.0. The lowest BCUT2D eigenvalue weighted by Crippen LogP contribution is -2.39. The Morgan fingerprint density at radius 1 is 1.18 bits per heavy atom. The minimum absolute atomic E-state index is 0.149. The van der Waals surface area contributed by atoms with Crippen molar-refractivity contribution in [3.05, 3.63) is 104 Å². The molecule has 3 aromatic heterocycles. The highest BCUT2D eigenvalue weighted by Gasteiger charge is 2.34. The Morgan fingerprint density at radius 3 is 2.64 bits per heavy atom. The van der Waals surface area contributed by atoms with Crippen LogP contribution < -0.4 is 14.9 Å². The summed E-state index contributed by atoms with van der Waals surface area (Å²) in [7, 11) is 0. The van der Waals surface area contributed by atoms with Crippen molar-refractivity contribution < 1.29 is 9.53 Å². The number of thiophene rings is 1. The molecule has 6 nitrogen and oxygen atoms in total. The molecule has 1 aliphatic heterocycles. The summed E-state index contributed by atoms with van der Waals surface area (Å²) in [6.45, 7) is 10.4. The van der Waals surface area contributed by atoms with Gasteiger partial charge in [0, 0.05) is 25.5 Å². The Morgan fingerprint density at radius 2 is 1.97 bits per heavy atom. The van der Waals surface area contributed by atoms with E-state index in [1.165, 1.54) is 31.8 Å². The van der Waals surface area contributed by atoms with Gasteiger partial charge in [0.25, 0.3) is 5.56 Å². The first kappa shape index (κ1) is 27.8. The summed E-state index contributed by atoms with van der Waals surface area (Å²) >= 11 is 5.27. The molecule has 0 saturated heterocycles. The van der Waals surface area contributed by atoms with E-state index in [1.54, 1.807) is 11.5 Å². The Balaban J connectivity index is 1.69. The zero-order valence-electron chi connectivity index (χ0n) is 22.6. The summed E-state index contributed by atoms with van der Waals surface area (Å²) < 4.78 is 11.2. The summed E-state index contributed by atoms with van der Waals surface area (Å²) in [5.74, 6) is -0.409. The highest BCUT2D eigenvalue weighted by molar-refractivity contribution is 14.1. The molecule has 0 amide bonds. The van der Waals surface area contributed by atoms with Crippen LogP contribution in [-0.2, 0) is 9.53 Å². The molecular formula is C30H30IN3O3S2. The maximum atomic E-state index is 14.0. The number of ether oxygens (including phenoxy) is 1. The molecule has 9 heteroatoms. The number of carbonyl (C=O) groups excluding carboxylic acids is 1. The molecular weight excluding hydrogens is 641 g/mol. The van der Waals surface area contributed by atoms with E-state index in [2.05, 4.69) is 79.1 Å². The number of fused-ring (bicyclic) bond motifs is 1. The lowest BCUT2D eigenvalue weighted by molar-refractivity contribution is -0.139. The quantitative estimate of drug-likeness (QED) is 0.180.